The normalized spacial score (nSPS) is 12.6. The lowest BCUT2D eigenvalue weighted by atomic mass is 9.97. The number of hydrogen-bond acceptors (Lipinski definition) is 4. The highest BCUT2D eigenvalue weighted by atomic mass is 19.1. The lowest BCUT2D eigenvalue weighted by Gasteiger charge is -2.07. The maximum absolute atomic E-state index is 14.0. The Morgan fingerprint density at radius 1 is 1.03 bits per heavy atom. The van der Waals surface area contributed by atoms with E-state index in [0.29, 0.717) is 11.3 Å². The van der Waals surface area contributed by atoms with Crippen LogP contribution in [-0.4, -0.2) is 25.3 Å². The van der Waals surface area contributed by atoms with Gasteiger partial charge in [-0.3, -0.25) is 10.1 Å². The summed E-state index contributed by atoms with van der Waals surface area (Å²) in [5.41, 5.74) is 16.7. The van der Waals surface area contributed by atoms with E-state index in [2.05, 4.69) is 25.9 Å². The van der Waals surface area contributed by atoms with Crippen LogP contribution in [0.5, 0.6) is 5.75 Å². The molecule has 0 spiro atoms. The van der Waals surface area contributed by atoms with Crippen molar-refractivity contribution in [3.63, 3.8) is 0 Å². The number of hydrogen-bond donors (Lipinski definition) is 4. The Morgan fingerprint density at radius 3 is 2.79 bits per heavy atom. The van der Waals surface area contributed by atoms with Crippen LogP contribution < -0.4 is 5.73 Å². The van der Waals surface area contributed by atoms with E-state index in [9.17, 15) is 9.50 Å². The van der Waals surface area contributed by atoms with Crippen molar-refractivity contribution in [3.05, 3.63) is 101 Å². The molecule has 6 rings (SSSR count). The second-order valence-electron chi connectivity index (χ2n) is 8.08. The maximum Gasteiger partial charge on any atom is 0.127 e. The topological polar surface area (TPSA) is 104 Å². The molecular formula is C27H18FN5O. The molecule has 164 valence electrons. The van der Waals surface area contributed by atoms with Crippen molar-refractivity contribution in [1.29, 1.82) is 0 Å². The SMILES string of the molecule is Nc1cccc(-c2cc3c(-c4cc5c([nH]4)C=C=CC=C5c4cc(O)cc(F)c4)n[nH]c3cn2)c1. The molecule has 0 saturated heterocycles. The van der Waals surface area contributed by atoms with Crippen LogP contribution in [0, 0.1) is 5.82 Å². The summed E-state index contributed by atoms with van der Waals surface area (Å²) in [4.78, 5) is 7.95. The molecule has 6 nitrogen and oxygen atoms in total. The molecule has 0 fully saturated rings. The smallest absolute Gasteiger partial charge is 0.127 e. The van der Waals surface area contributed by atoms with Gasteiger partial charge in [0.1, 0.15) is 17.3 Å². The van der Waals surface area contributed by atoms with E-state index in [-0.39, 0.29) is 5.75 Å². The number of allylic oxidation sites excluding steroid dienone is 2. The summed E-state index contributed by atoms with van der Waals surface area (Å²) in [6.45, 7) is 0. The van der Waals surface area contributed by atoms with Gasteiger partial charge in [-0.25, -0.2) is 4.39 Å². The lowest BCUT2D eigenvalue weighted by molar-refractivity contribution is 0.469. The summed E-state index contributed by atoms with van der Waals surface area (Å²) in [5, 5.41) is 18.4. The van der Waals surface area contributed by atoms with Crippen molar-refractivity contribution >= 4 is 28.2 Å². The minimum Gasteiger partial charge on any atom is -0.508 e. The van der Waals surface area contributed by atoms with E-state index in [1.165, 1.54) is 12.1 Å². The highest BCUT2D eigenvalue weighted by Gasteiger charge is 2.19. The van der Waals surface area contributed by atoms with E-state index in [1.54, 1.807) is 12.3 Å². The number of rotatable bonds is 3. The number of nitrogens with one attached hydrogen (secondary N) is 2. The van der Waals surface area contributed by atoms with E-state index in [0.717, 1.165) is 56.4 Å². The third kappa shape index (κ3) is 3.37. The number of benzene rings is 2. The largest absolute Gasteiger partial charge is 0.508 e. The molecule has 3 heterocycles. The number of halogens is 1. The molecule has 0 saturated carbocycles. The van der Waals surface area contributed by atoms with Crippen LogP contribution in [0.1, 0.15) is 16.8 Å². The van der Waals surface area contributed by atoms with Crippen molar-refractivity contribution in [3.8, 4) is 28.4 Å². The number of nitrogens with two attached hydrogens (primary N) is 1. The number of H-pyrrole nitrogens is 2. The Kier molecular flexibility index (Phi) is 4.43. The summed E-state index contributed by atoms with van der Waals surface area (Å²) < 4.78 is 14.0. The van der Waals surface area contributed by atoms with Crippen LogP contribution in [0.2, 0.25) is 0 Å². The first-order valence-electron chi connectivity index (χ1n) is 10.6. The fourth-order valence-electron chi connectivity index (χ4n) is 4.25. The molecule has 0 aliphatic heterocycles. The number of phenols is 1. The van der Waals surface area contributed by atoms with Crippen LogP contribution in [0.25, 0.3) is 45.2 Å². The molecule has 34 heavy (non-hydrogen) atoms. The predicted octanol–water partition coefficient (Wildman–Crippen LogP) is 5.66. The summed E-state index contributed by atoms with van der Waals surface area (Å²) in [7, 11) is 0. The number of aromatic amines is 2. The van der Waals surface area contributed by atoms with Crippen LogP contribution in [-0.2, 0) is 0 Å². The second-order valence-corrected chi connectivity index (χ2v) is 8.08. The Morgan fingerprint density at radius 2 is 1.94 bits per heavy atom. The van der Waals surface area contributed by atoms with Crippen molar-refractivity contribution < 1.29 is 9.50 Å². The van der Waals surface area contributed by atoms with Crippen molar-refractivity contribution in [2.24, 2.45) is 0 Å². The van der Waals surface area contributed by atoms with E-state index < -0.39 is 5.82 Å². The molecule has 0 bridgehead atoms. The first kappa shape index (κ1) is 19.8. The van der Waals surface area contributed by atoms with Gasteiger partial charge in [-0.2, -0.15) is 5.10 Å². The Bertz CT molecular complexity index is 1660. The predicted molar refractivity (Wildman–Crippen MR) is 131 cm³/mol. The van der Waals surface area contributed by atoms with E-state index >= 15 is 0 Å². The monoisotopic (exact) mass is 447 g/mol. The first-order chi connectivity index (χ1) is 16.5. The quantitative estimate of drug-likeness (QED) is 0.212. The number of nitrogen functional groups attached to an aromatic ring is 1. The number of aromatic hydroxyl groups is 1. The van der Waals surface area contributed by atoms with Gasteiger partial charge in [-0.1, -0.05) is 12.1 Å². The second kappa shape index (κ2) is 7.62. The molecule has 5 aromatic rings. The third-order valence-electron chi connectivity index (χ3n) is 5.79. The van der Waals surface area contributed by atoms with Crippen LogP contribution in [0.15, 0.2) is 78.7 Å². The van der Waals surface area contributed by atoms with Gasteiger partial charge in [0, 0.05) is 34.3 Å². The minimum absolute atomic E-state index is 0.130. The number of anilines is 1. The molecule has 0 radical (unpaired) electrons. The lowest BCUT2D eigenvalue weighted by Crippen LogP contribution is -1.89. The molecule has 0 atom stereocenters. The number of phenolic OH excluding ortho intramolecular Hbond substituents is 1. The molecule has 5 N–H and O–H groups in total. The van der Waals surface area contributed by atoms with Gasteiger partial charge < -0.3 is 15.8 Å². The van der Waals surface area contributed by atoms with Crippen LogP contribution in [0.4, 0.5) is 10.1 Å². The van der Waals surface area contributed by atoms with Gasteiger partial charge in [0.05, 0.1) is 28.8 Å². The van der Waals surface area contributed by atoms with Gasteiger partial charge >= 0.3 is 0 Å². The van der Waals surface area contributed by atoms with Gasteiger partial charge in [-0.15, -0.1) is 5.73 Å². The van der Waals surface area contributed by atoms with Crippen molar-refractivity contribution in [1.82, 2.24) is 20.2 Å². The summed E-state index contributed by atoms with van der Waals surface area (Å²) in [6.07, 6.45) is 7.19. The van der Waals surface area contributed by atoms with Gasteiger partial charge in [0.15, 0.2) is 0 Å². The van der Waals surface area contributed by atoms with Crippen LogP contribution in [0.3, 0.4) is 0 Å². The van der Waals surface area contributed by atoms with Gasteiger partial charge in [0.25, 0.3) is 0 Å². The third-order valence-corrected chi connectivity index (χ3v) is 5.79. The molecule has 3 aromatic heterocycles. The number of pyridine rings is 1. The Hall–Kier alpha value is -4.87. The maximum atomic E-state index is 14.0. The Labute approximate surface area is 193 Å². The molecule has 0 unspecified atom stereocenters. The summed E-state index contributed by atoms with van der Waals surface area (Å²) in [6, 6.07) is 15.5. The number of nitrogens with zero attached hydrogens (tertiary/aromatic N) is 2. The molecule has 1 aliphatic rings. The highest BCUT2D eigenvalue weighted by molar-refractivity contribution is 5.96. The minimum atomic E-state index is -0.505. The molecule has 1 aliphatic carbocycles. The van der Waals surface area contributed by atoms with Gasteiger partial charge in [0.2, 0.25) is 0 Å². The summed E-state index contributed by atoms with van der Waals surface area (Å²) in [5.74, 6) is -0.636. The fraction of sp³-hybridized carbons (Fsp3) is 0. The van der Waals surface area contributed by atoms with Gasteiger partial charge in [-0.05, 0) is 59.7 Å². The zero-order valence-corrected chi connectivity index (χ0v) is 17.8. The van der Waals surface area contributed by atoms with E-state index in [4.69, 9.17) is 5.73 Å². The zero-order valence-electron chi connectivity index (χ0n) is 17.8. The van der Waals surface area contributed by atoms with Crippen molar-refractivity contribution in [2.75, 3.05) is 5.73 Å². The van der Waals surface area contributed by atoms with Crippen LogP contribution >= 0.6 is 0 Å². The zero-order chi connectivity index (χ0) is 23.2. The first-order valence-corrected chi connectivity index (χ1v) is 10.6. The molecule has 2 aromatic carbocycles. The Balaban J connectivity index is 1.48. The molecule has 7 heteroatoms. The number of aromatic nitrogens is 4. The van der Waals surface area contributed by atoms with Crippen molar-refractivity contribution in [2.45, 2.75) is 0 Å². The average Bonchev–Trinajstić information content (AvgIpc) is 3.37. The molecular weight excluding hydrogens is 429 g/mol. The van der Waals surface area contributed by atoms with E-state index in [1.807, 2.05) is 48.6 Å². The summed E-state index contributed by atoms with van der Waals surface area (Å²) >= 11 is 0. The standard InChI is InChI=1S/C27H18FN5O/c28-17-8-16(10-19(34)11-17)20-6-1-2-7-23-21(20)12-25(31-23)27-22-13-24(30-14-26(22)32-33-27)15-4-3-5-18(29)9-15/h1,3-14,31,34H,29H2,(H,32,33). The fourth-order valence-corrected chi connectivity index (χ4v) is 4.25. The number of fused-ring (bicyclic) bond motifs is 2. The highest BCUT2D eigenvalue weighted by Crippen LogP contribution is 2.36. The average molecular weight is 447 g/mol. The molecule has 0 amide bonds.